The van der Waals surface area contributed by atoms with Gasteiger partial charge in [-0.1, -0.05) is 0 Å². The van der Waals surface area contributed by atoms with Crippen LogP contribution >= 0.6 is 0 Å². The first-order valence-corrected chi connectivity index (χ1v) is 9.38. The van der Waals surface area contributed by atoms with E-state index in [2.05, 4.69) is 43.7 Å². The van der Waals surface area contributed by atoms with Gasteiger partial charge in [0, 0.05) is 62.3 Å². The van der Waals surface area contributed by atoms with Gasteiger partial charge in [-0.15, -0.1) is 0 Å². The number of carbonyl (C=O) groups excluding carboxylic acids is 1. The topological polar surface area (TPSA) is 88.0 Å². The van der Waals surface area contributed by atoms with Gasteiger partial charge in [0.1, 0.15) is 5.82 Å². The van der Waals surface area contributed by atoms with Crippen LogP contribution in [0.2, 0.25) is 0 Å². The fourth-order valence-corrected chi connectivity index (χ4v) is 3.71. The summed E-state index contributed by atoms with van der Waals surface area (Å²) >= 11 is 0. The van der Waals surface area contributed by atoms with Gasteiger partial charge in [0.05, 0.1) is 5.69 Å². The molecule has 8 heteroatoms. The van der Waals surface area contributed by atoms with Crippen molar-refractivity contribution in [1.29, 1.82) is 0 Å². The second kappa shape index (κ2) is 7.64. The van der Waals surface area contributed by atoms with Gasteiger partial charge in [0.15, 0.2) is 0 Å². The molecule has 8 nitrogen and oxygen atoms in total. The molecule has 27 heavy (non-hydrogen) atoms. The number of carbonyl (C=O) groups is 1. The zero-order chi connectivity index (χ0) is 19.7. The van der Waals surface area contributed by atoms with E-state index in [1.807, 2.05) is 32.5 Å². The van der Waals surface area contributed by atoms with Crippen molar-refractivity contribution in [3.63, 3.8) is 0 Å². The fraction of sp³-hybridized carbons (Fsp3) is 0.579. The molecule has 1 amide bonds. The molecule has 2 atom stereocenters. The molecule has 0 radical (unpaired) electrons. The number of rotatable bonds is 5. The number of hydrogen-bond acceptors (Lipinski definition) is 6. The maximum absolute atomic E-state index is 12.0. The van der Waals surface area contributed by atoms with Gasteiger partial charge >= 0.3 is 0 Å². The summed E-state index contributed by atoms with van der Waals surface area (Å²) in [5, 5.41) is 10.8. The molecule has 1 fully saturated rings. The molecule has 1 aliphatic heterocycles. The first-order valence-electron chi connectivity index (χ1n) is 9.38. The van der Waals surface area contributed by atoms with Crippen LogP contribution in [0.3, 0.4) is 0 Å². The largest absolute Gasteiger partial charge is 0.355 e. The monoisotopic (exact) mass is 371 g/mol. The predicted octanol–water partition coefficient (Wildman–Crippen LogP) is 1.42. The summed E-state index contributed by atoms with van der Waals surface area (Å²) in [5.74, 6) is 0.830. The highest BCUT2D eigenvalue weighted by atomic mass is 16.2. The van der Waals surface area contributed by atoms with Gasteiger partial charge in [0.2, 0.25) is 5.82 Å². The third kappa shape index (κ3) is 3.95. The van der Waals surface area contributed by atoms with Gasteiger partial charge in [-0.05, 0) is 34.1 Å². The third-order valence-electron chi connectivity index (χ3n) is 5.29. The molecule has 1 saturated heterocycles. The van der Waals surface area contributed by atoms with Gasteiger partial charge in [-0.2, -0.15) is 5.10 Å². The standard InChI is InChI=1S/C19H29N7O/c1-11-12(2)22-17(19(27)20-5)23-18(11)26-8-7-15(9-26)21-13(3)16-10-25(6)24-14(16)4/h10,13,15,21H,7-9H2,1-6H3,(H,20,27)/t13?,15-/m1/s1. The number of nitrogens with zero attached hydrogens (tertiary/aromatic N) is 5. The summed E-state index contributed by atoms with van der Waals surface area (Å²) in [6.07, 6.45) is 3.11. The molecule has 1 aliphatic rings. The van der Waals surface area contributed by atoms with Crippen molar-refractivity contribution in [2.45, 2.75) is 46.2 Å². The zero-order valence-corrected chi connectivity index (χ0v) is 17.0. The van der Waals surface area contributed by atoms with E-state index in [-0.39, 0.29) is 17.8 Å². The first kappa shape index (κ1) is 19.3. The van der Waals surface area contributed by atoms with E-state index in [1.165, 1.54) is 5.56 Å². The summed E-state index contributed by atoms with van der Waals surface area (Å²) in [6.45, 7) is 9.92. The van der Waals surface area contributed by atoms with Crippen LogP contribution in [0.5, 0.6) is 0 Å². The Morgan fingerprint density at radius 1 is 1.26 bits per heavy atom. The minimum absolute atomic E-state index is 0.228. The van der Waals surface area contributed by atoms with Crippen LogP contribution < -0.4 is 15.5 Å². The Kier molecular flexibility index (Phi) is 5.46. The van der Waals surface area contributed by atoms with E-state index >= 15 is 0 Å². The molecular weight excluding hydrogens is 342 g/mol. The third-order valence-corrected chi connectivity index (χ3v) is 5.29. The summed E-state index contributed by atoms with van der Waals surface area (Å²) in [4.78, 5) is 23.1. The van der Waals surface area contributed by atoms with Crippen molar-refractivity contribution in [3.05, 3.63) is 34.5 Å². The number of aromatic nitrogens is 4. The molecule has 2 aromatic rings. The lowest BCUT2D eigenvalue weighted by molar-refractivity contribution is 0.0952. The molecule has 1 unspecified atom stereocenters. The van der Waals surface area contributed by atoms with Crippen LogP contribution in [-0.2, 0) is 7.05 Å². The Morgan fingerprint density at radius 3 is 2.63 bits per heavy atom. The summed E-state index contributed by atoms with van der Waals surface area (Å²) in [6, 6.07) is 0.594. The van der Waals surface area contributed by atoms with Crippen molar-refractivity contribution in [3.8, 4) is 0 Å². The van der Waals surface area contributed by atoms with Crippen LogP contribution in [0.4, 0.5) is 5.82 Å². The van der Waals surface area contributed by atoms with Crippen molar-refractivity contribution in [2.75, 3.05) is 25.0 Å². The lowest BCUT2D eigenvalue weighted by Gasteiger charge is -2.23. The number of anilines is 1. The van der Waals surface area contributed by atoms with Crippen molar-refractivity contribution < 1.29 is 4.79 Å². The SMILES string of the molecule is CNC(=O)c1nc(C)c(C)c(N2CC[C@@H](NC(C)c3cn(C)nc3C)C2)n1. The Bertz CT molecular complexity index is 845. The normalized spacial score (nSPS) is 18.0. The number of amides is 1. The molecule has 3 heterocycles. The van der Waals surface area contributed by atoms with E-state index in [4.69, 9.17) is 0 Å². The van der Waals surface area contributed by atoms with E-state index < -0.39 is 0 Å². The van der Waals surface area contributed by atoms with Gasteiger partial charge < -0.3 is 15.5 Å². The smallest absolute Gasteiger partial charge is 0.288 e. The van der Waals surface area contributed by atoms with Gasteiger partial charge in [0.25, 0.3) is 5.91 Å². The Balaban J connectivity index is 1.73. The first-order chi connectivity index (χ1) is 12.8. The molecule has 0 spiro atoms. The van der Waals surface area contributed by atoms with Crippen LogP contribution in [0, 0.1) is 20.8 Å². The van der Waals surface area contributed by atoms with Crippen molar-refractivity contribution >= 4 is 11.7 Å². The molecule has 0 aliphatic carbocycles. The zero-order valence-electron chi connectivity index (χ0n) is 17.0. The molecule has 146 valence electrons. The summed E-state index contributed by atoms with van der Waals surface area (Å²) < 4.78 is 1.86. The Hall–Kier alpha value is -2.48. The summed E-state index contributed by atoms with van der Waals surface area (Å²) in [7, 11) is 3.54. The van der Waals surface area contributed by atoms with Crippen LogP contribution in [0.25, 0.3) is 0 Å². The average molecular weight is 371 g/mol. The van der Waals surface area contributed by atoms with Crippen LogP contribution in [0.1, 0.15) is 52.5 Å². The number of nitrogens with one attached hydrogen (secondary N) is 2. The van der Waals surface area contributed by atoms with Gasteiger partial charge in [-0.3, -0.25) is 9.48 Å². The van der Waals surface area contributed by atoms with E-state index in [9.17, 15) is 4.79 Å². The fourth-order valence-electron chi connectivity index (χ4n) is 3.71. The highest BCUT2D eigenvalue weighted by molar-refractivity contribution is 5.90. The maximum atomic E-state index is 12.0. The molecule has 0 aromatic carbocycles. The summed E-state index contributed by atoms with van der Waals surface area (Å²) in [5.41, 5.74) is 4.16. The lowest BCUT2D eigenvalue weighted by atomic mass is 10.1. The number of aryl methyl sites for hydroxylation is 3. The van der Waals surface area contributed by atoms with Gasteiger partial charge in [-0.25, -0.2) is 9.97 Å². The second-order valence-electron chi connectivity index (χ2n) is 7.32. The quantitative estimate of drug-likeness (QED) is 0.827. The van der Waals surface area contributed by atoms with Crippen molar-refractivity contribution in [1.82, 2.24) is 30.4 Å². The maximum Gasteiger partial charge on any atom is 0.288 e. The van der Waals surface area contributed by atoms with E-state index in [1.54, 1.807) is 7.05 Å². The minimum atomic E-state index is -0.256. The molecule has 0 bridgehead atoms. The highest BCUT2D eigenvalue weighted by Gasteiger charge is 2.28. The minimum Gasteiger partial charge on any atom is -0.355 e. The predicted molar refractivity (Wildman–Crippen MR) is 105 cm³/mol. The lowest BCUT2D eigenvalue weighted by Crippen LogP contribution is -2.35. The van der Waals surface area contributed by atoms with Crippen molar-refractivity contribution in [2.24, 2.45) is 7.05 Å². The molecular formula is C19H29N7O. The highest BCUT2D eigenvalue weighted by Crippen LogP contribution is 2.25. The molecule has 3 rings (SSSR count). The van der Waals surface area contributed by atoms with E-state index in [0.29, 0.717) is 6.04 Å². The second-order valence-corrected chi connectivity index (χ2v) is 7.32. The average Bonchev–Trinajstić information content (AvgIpc) is 3.22. The van der Waals surface area contributed by atoms with Crippen LogP contribution in [0.15, 0.2) is 6.20 Å². The molecule has 2 N–H and O–H groups in total. The van der Waals surface area contributed by atoms with E-state index in [0.717, 1.165) is 42.3 Å². The molecule has 0 saturated carbocycles. The Labute approximate surface area is 160 Å². The molecule has 2 aromatic heterocycles. The Morgan fingerprint density at radius 2 is 2.00 bits per heavy atom. The van der Waals surface area contributed by atoms with Crippen LogP contribution in [-0.4, -0.2) is 51.8 Å². The number of hydrogen-bond donors (Lipinski definition) is 2.